The molecule has 1 saturated heterocycles. The van der Waals surface area contributed by atoms with Gasteiger partial charge in [-0.15, -0.1) is 11.3 Å². The van der Waals surface area contributed by atoms with Crippen molar-refractivity contribution in [3.8, 4) is 0 Å². The Balaban J connectivity index is 1.41. The summed E-state index contributed by atoms with van der Waals surface area (Å²) in [6.07, 6.45) is 0. The van der Waals surface area contributed by atoms with Gasteiger partial charge in [-0.1, -0.05) is 54.1 Å². The topological polar surface area (TPSA) is 24.8 Å². The van der Waals surface area contributed by atoms with Crippen LogP contribution >= 0.6 is 22.9 Å². The number of rotatable bonds is 3. The summed E-state index contributed by atoms with van der Waals surface area (Å²) in [5.74, 6) is 0.112. The molecule has 4 rings (SSSR count). The lowest BCUT2D eigenvalue weighted by Crippen LogP contribution is -3.13. The molecule has 1 amide bonds. The average Bonchev–Trinajstić information content (AvgIpc) is 3.08. The third-order valence-electron chi connectivity index (χ3n) is 4.86. The Hall–Kier alpha value is -1.88. The number of hydrogen-bond donors (Lipinski definition) is 1. The second-order valence-corrected chi connectivity index (χ2v) is 8.18. The van der Waals surface area contributed by atoms with Crippen molar-refractivity contribution in [1.82, 2.24) is 4.90 Å². The van der Waals surface area contributed by atoms with Crippen molar-refractivity contribution < 1.29 is 9.69 Å². The van der Waals surface area contributed by atoms with Crippen molar-refractivity contribution >= 4 is 39.6 Å². The van der Waals surface area contributed by atoms with Gasteiger partial charge in [0.15, 0.2) is 0 Å². The van der Waals surface area contributed by atoms with Crippen molar-refractivity contribution in [2.45, 2.75) is 6.54 Å². The first kappa shape index (κ1) is 16.6. The third kappa shape index (κ3) is 3.56. The van der Waals surface area contributed by atoms with Crippen LogP contribution in [0.2, 0.25) is 4.34 Å². The van der Waals surface area contributed by atoms with Crippen LogP contribution in [0.15, 0.2) is 54.6 Å². The number of benzene rings is 2. The number of carbonyl (C=O) groups is 1. The van der Waals surface area contributed by atoms with E-state index < -0.39 is 0 Å². The van der Waals surface area contributed by atoms with Crippen LogP contribution < -0.4 is 4.90 Å². The second kappa shape index (κ2) is 7.16. The zero-order valence-electron chi connectivity index (χ0n) is 13.9. The predicted molar refractivity (Wildman–Crippen MR) is 104 cm³/mol. The smallest absolute Gasteiger partial charge is 0.264 e. The van der Waals surface area contributed by atoms with E-state index in [0.29, 0.717) is 4.34 Å². The largest absolute Gasteiger partial charge is 0.328 e. The minimum Gasteiger partial charge on any atom is -0.328 e. The molecule has 0 atom stereocenters. The molecule has 3 aromatic rings. The first-order valence-corrected chi connectivity index (χ1v) is 9.75. The quantitative estimate of drug-likeness (QED) is 0.751. The number of fused-ring (bicyclic) bond motifs is 1. The lowest BCUT2D eigenvalue weighted by molar-refractivity contribution is -0.917. The maximum atomic E-state index is 12.5. The van der Waals surface area contributed by atoms with Crippen molar-refractivity contribution in [1.29, 1.82) is 0 Å². The second-order valence-electron chi connectivity index (χ2n) is 6.46. The minimum absolute atomic E-state index is 0.112. The molecule has 5 heteroatoms. The lowest BCUT2D eigenvalue weighted by Gasteiger charge is -2.32. The summed E-state index contributed by atoms with van der Waals surface area (Å²) in [5.41, 5.74) is 1.39. The molecule has 1 aliphatic rings. The highest BCUT2D eigenvalue weighted by Crippen LogP contribution is 2.23. The number of piperazine rings is 1. The Labute approximate surface area is 156 Å². The summed E-state index contributed by atoms with van der Waals surface area (Å²) in [5, 5.41) is 2.63. The van der Waals surface area contributed by atoms with E-state index in [0.717, 1.165) is 37.6 Å². The summed E-state index contributed by atoms with van der Waals surface area (Å²) >= 11 is 7.31. The van der Waals surface area contributed by atoms with Crippen LogP contribution in [0, 0.1) is 0 Å². The number of quaternary nitrogens is 1. The van der Waals surface area contributed by atoms with E-state index in [1.807, 2.05) is 11.0 Å². The van der Waals surface area contributed by atoms with Crippen LogP contribution in [0.5, 0.6) is 0 Å². The van der Waals surface area contributed by atoms with E-state index in [9.17, 15) is 4.79 Å². The molecule has 128 valence electrons. The summed E-state index contributed by atoms with van der Waals surface area (Å²) in [7, 11) is 0. The Morgan fingerprint density at radius 1 is 1.04 bits per heavy atom. The third-order valence-corrected chi connectivity index (χ3v) is 6.08. The fraction of sp³-hybridized carbons (Fsp3) is 0.250. The Bertz CT molecular complexity index is 894. The molecule has 1 aliphatic heterocycles. The SMILES string of the molecule is O=C(c1ccc(Cl)s1)N1CC[NH+](Cc2cccc3ccccc23)CC1. The number of halogens is 1. The molecule has 0 bridgehead atoms. The van der Waals surface area contributed by atoms with Crippen LogP contribution in [-0.2, 0) is 6.54 Å². The standard InChI is InChI=1S/C20H19ClN2OS/c21-19-9-8-18(25-19)20(24)23-12-10-22(11-13-23)14-16-6-3-5-15-4-1-2-7-17(15)16/h1-9H,10-14H2/p+1. The van der Waals surface area contributed by atoms with Gasteiger partial charge < -0.3 is 9.80 Å². The van der Waals surface area contributed by atoms with E-state index in [-0.39, 0.29) is 5.91 Å². The van der Waals surface area contributed by atoms with Crippen LogP contribution in [-0.4, -0.2) is 37.0 Å². The molecule has 2 heterocycles. The van der Waals surface area contributed by atoms with Gasteiger partial charge in [0.25, 0.3) is 5.91 Å². The summed E-state index contributed by atoms with van der Waals surface area (Å²) in [4.78, 5) is 16.7. The fourth-order valence-electron chi connectivity index (χ4n) is 3.50. The van der Waals surface area contributed by atoms with Crippen molar-refractivity contribution in [3.63, 3.8) is 0 Å². The van der Waals surface area contributed by atoms with Crippen LogP contribution in [0.1, 0.15) is 15.2 Å². The first-order valence-electron chi connectivity index (χ1n) is 8.55. The molecule has 1 aromatic heterocycles. The minimum atomic E-state index is 0.112. The van der Waals surface area contributed by atoms with E-state index in [4.69, 9.17) is 11.6 Å². The van der Waals surface area contributed by atoms with E-state index >= 15 is 0 Å². The summed E-state index contributed by atoms with van der Waals surface area (Å²) in [6.45, 7) is 4.57. The van der Waals surface area contributed by atoms with Gasteiger partial charge in [0, 0.05) is 5.56 Å². The van der Waals surface area contributed by atoms with Gasteiger partial charge in [-0.2, -0.15) is 0 Å². The molecule has 0 spiro atoms. The monoisotopic (exact) mass is 371 g/mol. The van der Waals surface area contributed by atoms with Crippen molar-refractivity contribution in [3.05, 3.63) is 69.4 Å². The van der Waals surface area contributed by atoms with Gasteiger partial charge in [0.2, 0.25) is 0 Å². The Morgan fingerprint density at radius 3 is 2.56 bits per heavy atom. The molecule has 1 N–H and O–H groups in total. The maximum Gasteiger partial charge on any atom is 0.264 e. The zero-order valence-corrected chi connectivity index (χ0v) is 15.4. The molecule has 3 nitrogen and oxygen atoms in total. The Morgan fingerprint density at radius 2 is 1.80 bits per heavy atom. The number of thiophene rings is 1. The molecule has 25 heavy (non-hydrogen) atoms. The van der Waals surface area contributed by atoms with E-state index in [1.165, 1.54) is 32.6 Å². The average molecular weight is 372 g/mol. The van der Waals surface area contributed by atoms with Crippen LogP contribution in [0.25, 0.3) is 10.8 Å². The van der Waals surface area contributed by atoms with Crippen LogP contribution in [0.4, 0.5) is 0 Å². The first-order chi connectivity index (χ1) is 12.2. The number of nitrogens with zero attached hydrogens (tertiary/aromatic N) is 1. The fourth-order valence-corrected chi connectivity index (χ4v) is 4.51. The molecule has 0 saturated carbocycles. The molecule has 0 unspecified atom stereocenters. The summed E-state index contributed by atoms with van der Waals surface area (Å²) < 4.78 is 0.670. The van der Waals surface area contributed by atoms with E-state index in [1.54, 1.807) is 6.07 Å². The number of nitrogens with one attached hydrogen (secondary N) is 1. The molecule has 1 fully saturated rings. The van der Waals surface area contributed by atoms with Gasteiger partial charge in [-0.3, -0.25) is 4.79 Å². The highest BCUT2D eigenvalue weighted by atomic mass is 35.5. The van der Waals surface area contributed by atoms with Gasteiger partial charge >= 0.3 is 0 Å². The predicted octanol–water partition coefficient (Wildman–Crippen LogP) is 3.10. The molecule has 0 aliphatic carbocycles. The Kier molecular flexibility index (Phi) is 4.75. The lowest BCUT2D eigenvalue weighted by atomic mass is 10.0. The highest BCUT2D eigenvalue weighted by molar-refractivity contribution is 7.17. The number of carbonyl (C=O) groups excluding carboxylic acids is 1. The number of hydrogen-bond acceptors (Lipinski definition) is 2. The number of amides is 1. The molecule has 2 aromatic carbocycles. The van der Waals surface area contributed by atoms with Gasteiger partial charge in [-0.25, -0.2) is 0 Å². The molecular formula is C20H20ClN2OS+. The maximum absolute atomic E-state index is 12.5. The van der Waals surface area contributed by atoms with Gasteiger partial charge in [-0.05, 0) is 22.9 Å². The molecule has 0 radical (unpaired) electrons. The van der Waals surface area contributed by atoms with Crippen molar-refractivity contribution in [2.75, 3.05) is 26.2 Å². The molecular weight excluding hydrogens is 352 g/mol. The van der Waals surface area contributed by atoms with Crippen LogP contribution in [0.3, 0.4) is 0 Å². The van der Waals surface area contributed by atoms with Gasteiger partial charge in [0.1, 0.15) is 6.54 Å². The normalized spacial score (nSPS) is 15.6. The van der Waals surface area contributed by atoms with Crippen molar-refractivity contribution in [2.24, 2.45) is 0 Å². The zero-order chi connectivity index (χ0) is 17.2. The van der Waals surface area contributed by atoms with Gasteiger partial charge in [0.05, 0.1) is 35.4 Å². The highest BCUT2D eigenvalue weighted by Gasteiger charge is 2.25. The summed E-state index contributed by atoms with van der Waals surface area (Å²) in [6, 6.07) is 18.7. The van der Waals surface area contributed by atoms with E-state index in [2.05, 4.69) is 42.5 Å².